The maximum atomic E-state index is 10.1. The first kappa shape index (κ1) is 63.2. The Morgan fingerprint density at radius 2 is 0.487 bits per heavy atom. The lowest BCUT2D eigenvalue weighted by Crippen LogP contribution is -2.61. The summed E-state index contributed by atoms with van der Waals surface area (Å²) in [5.41, 5.74) is 20.4. The standard InChI is InChI=1S/C114H123BN4/c1-106(2,3)74-40-36-38-70(54-74)89-62-80(112(19,20)21)64-91(72-56-76(108(7,8)9)60-77(57-72)109(10,11)12)104(89)118-99-68-83(116-95-46-32-28-42-85(95)86-43-29-33-47-96(86)116)50-52-93(99)115-94-53-51-84(117-97-48-34-30-44-87(97)88-45-31-35-49-98(88)117)69-100(94)119(102-67-82(114(25,26)27)66-101(118)103(102)115)105-90(71-39-37-41-75(55-71)107(4,5)6)63-81(113(22,23)24)65-92(105)73-58-78(110(13,14)15)61-79(59-73)111(16,17)18/h28-69H,1-27H3/i28D,29D,30D,31D,32D,33D,34D,35D,42D,43D,44D,45D,46D,47D,48D,49D. The Morgan fingerprint density at radius 3 is 0.773 bits per heavy atom. The molecule has 602 valence electrons. The summed E-state index contributed by atoms with van der Waals surface area (Å²) in [6.07, 6.45) is 0. The van der Waals surface area contributed by atoms with Gasteiger partial charge < -0.3 is 18.9 Å². The minimum Gasteiger partial charge on any atom is -0.310 e. The van der Waals surface area contributed by atoms with Crippen molar-refractivity contribution in [3.8, 4) is 55.9 Å². The fourth-order valence-corrected chi connectivity index (χ4v) is 17.6. The van der Waals surface area contributed by atoms with E-state index in [1.165, 1.54) is 0 Å². The van der Waals surface area contributed by atoms with E-state index in [0.29, 0.717) is 22.7 Å². The van der Waals surface area contributed by atoms with Crippen molar-refractivity contribution in [2.45, 2.75) is 236 Å². The van der Waals surface area contributed by atoms with Crippen LogP contribution in [-0.4, -0.2) is 15.8 Å². The third-order valence-electron chi connectivity index (χ3n) is 24.9. The van der Waals surface area contributed by atoms with E-state index in [1.54, 1.807) is 9.13 Å². The van der Waals surface area contributed by atoms with Crippen LogP contribution >= 0.6 is 0 Å². The number of rotatable bonds is 8. The van der Waals surface area contributed by atoms with Gasteiger partial charge in [0.1, 0.15) is 0 Å². The highest BCUT2D eigenvalue weighted by Crippen LogP contribution is 2.57. The van der Waals surface area contributed by atoms with Gasteiger partial charge in [0.15, 0.2) is 0 Å². The van der Waals surface area contributed by atoms with Gasteiger partial charge in [-0.2, -0.15) is 0 Å². The summed E-state index contributed by atoms with van der Waals surface area (Å²) in [7, 11) is 0. The predicted molar refractivity (Wildman–Crippen MR) is 519 cm³/mol. The molecule has 5 heteroatoms. The van der Waals surface area contributed by atoms with Crippen LogP contribution in [0.2, 0.25) is 0 Å². The Labute approximate surface area is 734 Å². The van der Waals surface area contributed by atoms with Gasteiger partial charge in [-0.15, -0.1) is 0 Å². The van der Waals surface area contributed by atoms with Crippen LogP contribution in [0.3, 0.4) is 0 Å². The molecule has 0 aliphatic carbocycles. The fourth-order valence-electron chi connectivity index (χ4n) is 17.6. The van der Waals surface area contributed by atoms with Gasteiger partial charge in [-0.25, -0.2) is 0 Å². The van der Waals surface area contributed by atoms with Crippen molar-refractivity contribution >= 4 is 101 Å². The maximum absolute atomic E-state index is 10.1. The second-order valence-corrected chi connectivity index (χ2v) is 42.9. The van der Waals surface area contributed by atoms with Crippen molar-refractivity contribution in [2.75, 3.05) is 9.80 Å². The average Bonchev–Trinajstić information content (AvgIpc) is 1.43. The minimum absolute atomic E-state index is 0.0441. The summed E-state index contributed by atoms with van der Waals surface area (Å²) in [5.74, 6) is 0. The highest BCUT2D eigenvalue weighted by atomic mass is 15.2. The molecule has 15 aromatic rings. The second kappa shape index (κ2) is 27.9. The molecule has 0 radical (unpaired) electrons. The molecule has 0 bridgehead atoms. The summed E-state index contributed by atoms with van der Waals surface area (Å²) >= 11 is 0. The molecule has 0 fully saturated rings. The van der Waals surface area contributed by atoms with Gasteiger partial charge in [-0.1, -0.05) is 357 Å². The Kier molecular flexibility index (Phi) is 14.8. The van der Waals surface area contributed by atoms with Gasteiger partial charge in [-0.05, 0) is 222 Å². The van der Waals surface area contributed by atoms with Gasteiger partial charge in [-0.3, -0.25) is 0 Å². The lowest BCUT2D eigenvalue weighted by atomic mass is 9.33. The molecular formula is C114H123BN4. The lowest BCUT2D eigenvalue weighted by molar-refractivity contribution is 0.568. The van der Waals surface area contributed by atoms with E-state index in [4.69, 9.17) is 0 Å². The Morgan fingerprint density at radius 1 is 0.235 bits per heavy atom. The van der Waals surface area contributed by atoms with Gasteiger partial charge in [0.2, 0.25) is 0 Å². The zero-order valence-electron chi connectivity index (χ0n) is 90.9. The van der Waals surface area contributed by atoms with E-state index in [0.717, 1.165) is 134 Å². The zero-order valence-corrected chi connectivity index (χ0v) is 74.9. The number of para-hydroxylation sites is 4. The van der Waals surface area contributed by atoms with E-state index in [1.807, 2.05) is 24.3 Å². The van der Waals surface area contributed by atoms with Crippen LogP contribution in [0.1, 0.15) is 259 Å². The topological polar surface area (TPSA) is 16.3 Å². The summed E-state index contributed by atoms with van der Waals surface area (Å²) in [6, 6.07) is 50.1. The number of fused-ring (bicyclic) bond motifs is 10. The van der Waals surface area contributed by atoms with Gasteiger partial charge in [0.05, 0.1) is 55.4 Å². The van der Waals surface area contributed by atoms with E-state index in [2.05, 4.69) is 330 Å². The first-order valence-corrected chi connectivity index (χ1v) is 42.3. The molecule has 119 heavy (non-hydrogen) atoms. The van der Waals surface area contributed by atoms with Crippen LogP contribution in [0, 0.1) is 0 Å². The number of nitrogens with zero attached hydrogens (tertiary/aromatic N) is 4. The van der Waals surface area contributed by atoms with Crippen molar-refractivity contribution in [3.63, 3.8) is 0 Å². The Balaban J connectivity index is 1.17. The third-order valence-corrected chi connectivity index (χ3v) is 24.9. The summed E-state index contributed by atoms with van der Waals surface area (Å²) in [5, 5.41) is -0.269. The Bertz CT molecular complexity index is 6980. The predicted octanol–water partition coefficient (Wildman–Crippen LogP) is 30.3. The normalized spacial score (nSPS) is 15.7. The highest BCUT2D eigenvalue weighted by molar-refractivity contribution is 7.00. The van der Waals surface area contributed by atoms with E-state index < -0.39 is 120 Å². The van der Waals surface area contributed by atoms with Gasteiger partial charge in [0, 0.05) is 77.9 Å². The molecule has 0 unspecified atom stereocenters. The molecule has 0 spiro atoms. The quantitative estimate of drug-likeness (QED) is 0.141. The first-order chi connectivity index (χ1) is 62.3. The SMILES string of the molecule is [2H]c1c([2H])c([2H])c2c(c1[2H])c1c([2H])c([2H])c([2H])c([2H])c1n2-c1ccc2c(c1)N(c1c(-c3cccc(C(C)(C)C)c3)cc(C(C)(C)C)cc1-c1cc(C(C)(C)C)cc(C(C)(C)C)c1)c1cc(C(C)(C)C)cc3c1B2c1ccc(-n2c4c([2H])c([2H])c([2H])c([2H])c4c4c([2H])c([2H])c([2H])c([2H])c42)cc1N3c1c(-c2cccc(C(C)(C)C)c2)cc(C(C)(C)C)cc1-c1cc(C(C)(C)C)cc(C(C)(C)C)c1. The molecule has 4 nitrogen and oxygen atoms in total. The first-order valence-electron chi connectivity index (χ1n) is 50.3. The molecule has 13 aromatic carbocycles. The lowest BCUT2D eigenvalue weighted by Gasteiger charge is -2.47. The molecule has 0 atom stereocenters. The molecule has 0 saturated heterocycles. The molecule has 2 aromatic heterocycles. The molecule has 17 rings (SSSR count). The fraction of sp³-hybridized carbons (Fsp3) is 0.316. The molecule has 4 heterocycles. The Hall–Kier alpha value is -10.9. The number of benzene rings is 13. The summed E-state index contributed by atoms with van der Waals surface area (Å²) in [6.45, 7) is 59.9. The van der Waals surface area contributed by atoms with Crippen LogP contribution in [0.25, 0.3) is 99.5 Å². The van der Waals surface area contributed by atoms with Crippen LogP contribution in [0.4, 0.5) is 34.1 Å². The number of anilines is 6. The van der Waals surface area contributed by atoms with Gasteiger partial charge >= 0.3 is 0 Å². The van der Waals surface area contributed by atoms with E-state index >= 15 is 0 Å². The van der Waals surface area contributed by atoms with Crippen molar-refractivity contribution < 1.29 is 21.9 Å². The summed E-state index contributed by atoms with van der Waals surface area (Å²) in [4.78, 5) is 4.89. The molecule has 2 aliphatic heterocycles. The van der Waals surface area contributed by atoms with E-state index in [9.17, 15) is 21.9 Å². The number of hydrogen-bond acceptors (Lipinski definition) is 2. The molecule has 0 saturated carbocycles. The third kappa shape index (κ3) is 14.2. The van der Waals surface area contributed by atoms with Crippen LogP contribution in [0.5, 0.6) is 0 Å². The maximum Gasteiger partial charge on any atom is 0.252 e. The minimum atomic E-state index is -0.812. The van der Waals surface area contributed by atoms with Crippen molar-refractivity contribution in [3.05, 3.63) is 304 Å². The van der Waals surface area contributed by atoms with Crippen molar-refractivity contribution in [1.29, 1.82) is 0 Å². The molecular weight excluding hydrogens is 1440 g/mol. The van der Waals surface area contributed by atoms with Crippen LogP contribution in [0.15, 0.2) is 254 Å². The largest absolute Gasteiger partial charge is 0.310 e. The van der Waals surface area contributed by atoms with Gasteiger partial charge in [0.25, 0.3) is 6.71 Å². The second-order valence-electron chi connectivity index (χ2n) is 42.9. The highest BCUT2D eigenvalue weighted by Gasteiger charge is 2.47. The molecule has 2 aliphatic rings. The molecule has 0 N–H and O–H groups in total. The van der Waals surface area contributed by atoms with Crippen LogP contribution in [-0.2, 0) is 48.7 Å². The average molecular weight is 1580 g/mol. The number of aromatic nitrogens is 2. The van der Waals surface area contributed by atoms with Crippen LogP contribution < -0.4 is 26.2 Å². The zero-order chi connectivity index (χ0) is 98.8. The monoisotopic (exact) mass is 1580 g/mol. The van der Waals surface area contributed by atoms with Crippen molar-refractivity contribution in [1.82, 2.24) is 9.13 Å². The number of hydrogen-bond donors (Lipinski definition) is 0. The molecule has 0 amide bonds. The smallest absolute Gasteiger partial charge is 0.252 e. The van der Waals surface area contributed by atoms with E-state index in [-0.39, 0.29) is 76.1 Å². The summed E-state index contributed by atoms with van der Waals surface area (Å²) < 4.78 is 158. The van der Waals surface area contributed by atoms with Crippen molar-refractivity contribution in [2.24, 2.45) is 0 Å².